The van der Waals surface area contributed by atoms with Crippen LogP contribution >= 0.6 is 0 Å². The summed E-state index contributed by atoms with van der Waals surface area (Å²) in [6.07, 6.45) is 1.34. The van der Waals surface area contributed by atoms with Gasteiger partial charge in [-0.15, -0.1) is 0 Å². The zero-order valence-electron chi connectivity index (χ0n) is 11.9. The molecule has 0 unspecified atom stereocenters. The molecule has 0 aromatic heterocycles. The van der Waals surface area contributed by atoms with Crippen molar-refractivity contribution >= 4 is 17.7 Å². The number of phenols is 2. The molecule has 0 spiro atoms. The highest BCUT2D eigenvalue weighted by molar-refractivity contribution is 6.09. The van der Waals surface area contributed by atoms with Gasteiger partial charge in [-0.25, -0.2) is 0 Å². The summed E-state index contributed by atoms with van der Waals surface area (Å²) >= 11 is 0. The summed E-state index contributed by atoms with van der Waals surface area (Å²) in [4.78, 5) is 12.1. The minimum Gasteiger partial charge on any atom is -0.504 e. The second-order valence-electron chi connectivity index (χ2n) is 4.69. The SMILES string of the molecule is Cc1ccccc1NC(=O)/C(C#N)=C/c1ccc(O)c(O)c1. The molecule has 3 N–H and O–H groups in total. The Morgan fingerprint density at radius 3 is 2.55 bits per heavy atom. The largest absolute Gasteiger partial charge is 0.504 e. The summed E-state index contributed by atoms with van der Waals surface area (Å²) in [5.41, 5.74) is 1.85. The Morgan fingerprint density at radius 2 is 1.91 bits per heavy atom. The molecule has 0 heterocycles. The lowest BCUT2D eigenvalue weighted by Crippen LogP contribution is -2.14. The van der Waals surface area contributed by atoms with Gasteiger partial charge in [-0.3, -0.25) is 4.79 Å². The first kappa shape index (κ1) is 15.1. The van der Waals surface area contributed by atoms with Gasteiger partial charge in [-0.05, 0) is 42.3 Å². The van der Waals surface area contributed by atoms with Crippen LogP contribution in [0.4, 0.5) is 5.69 Å². The molecule has 110 valence electrons. The molecule has 5 nitrogen and oxygen atoms in total. The summed E-state index contributed by atoms with van der Waals surface area (Å²) in [6.45, 7) is 1.85. The Labute approximate surface area is 127 Å². The van der Waals surface area contributed by atoms with Gasteiger partial charge in [-0.2, -0.15) is 5.26 Å². The number of benzene rings is 2. The number of hydrogen-bond donors (Lipinski definition) is 3. The third-order valence-corrected chi connectivity index (χ3v) is 3.07. The van der Waals surface area contributed by atoms with E-state index in [1.807, 2.05) is 25.1 Å². The molecule has 0 radical (unpaired) electrons. The number of aromatic hydroxyl groups is 2. The average Bonchev–Trinajstić information content (AvgIpc) is 2.50. The van der Waals surface area contributed by atoms with Crippen LogP contribution in [0.3, 0.4) is 0 Å². The van der Waals surface area contributed by atoms with Crippen LogP contribution in [-0.2, 0) is 4.79 Å². The topological polar surface area (TPSA) is 93.4 Å². The Balaban J connectivity index is 2.26. The van der Waals surface area contributed by atoms with Gasteiger partial charge >= 0.3 is 0 Å². The maximum atomic E-state index is 12.1. The van der Waals surface area contributed by atoms with Crippen LogP contribution in [0, 0.1) is 18.3 Å². The average molecular weight is 294 g/mol. The fourth-order valence-electron chi connectivity index (χ4n) is 1.85. The van der Waals surface area contributed by atoms with E-state index in [-0.39, 0.29) is 17.1 Å². The van der Waals surface area contributed by atoms with Gasteiger partial charge in [0.25, 0.3) is 5.91 Å². The Morgan fingerprint density at radius 1 is 1.18 bits per heavy atom. The van der Waals surface area contributed by atoms with Crippen molar-refractivity contribution in [3.8, 4) is 17.6 Å². The van der Waals surface area contributed by atoms with Crippen LogP contribution in [0.5, 0.6) is 11.5 Å². The Hall–Kier alpha value is -3.26. The number of phenolic OH excluding ortho intramolecular Hbond substituents is 2. The Bertz CT molecular complexity index is 789. The molecule has 0 saturated carbocycles. The first-order valence-electron chi connectivity index (χ1n) is 6.52. The van der Waals surface area contributed by atoms with Crippen LogP contribution in [0.15, 0.2) is 48.0 Å². The zero-order valence-corrected chi connectivity index (χ0v) is 11.9. The molecular formula is C17H14N2O3. The first-order valence-corrected chi connectivity index (χ1v) is 6.52. The predicted octanol–water partition coefficient (Wildman–Crippen LogP) is 2.95. The quantitative estimate of drug-likeness (QED) is 0.461. The van der Waals surface area contributed by atoms with Gasteiger partial charge < -0.3 is 15.5 Å². The fourth-order valence-corrected chi connectivity index (χ4v) is 1.85. The van der Waals surface area contributed by atoms with Crippen LogP contribution in [-0.4, -0.2) is 16.1 Å². The normalized spacial score (nSPS) is 10.8. The highest BCUT2D eigenvalue weighted by Gasteiger charge is 2.11. The van der Waals surface area contributed by atoms with Gasteiger partial charge in [0.2, 0.25) is 0 Å². The number of nitrogens with one attached hydrogen (secondary N) is 1. The maximum absolute atomic E-state index is 12.1. The van der Waals surface area contributed by atoms with Gasteiger partial charge in [0.05, 0.1) is 0 Å². The van der Waals surface area contributed by atoms with E-state index in [1.165, 1.54) is 24.3 Å². The van der Waals surface area contributed by atoms with Gasteiger partial charge in [0.1, 0.15) is 11.6 Å². The van der Waals surface area contributed by atoms with Crippen molar-refractivity contribution < 1.29 is 15.0 Å². The van der Waals surface area contributed by atoms with Gasteiger partial charge in [0.15, 0.2) is 11.5 Å². The van der Waals surface area contributed by atoms with E-state index in [1.54, 1.807) is 12.1 Å². The van der Waals surface area contributed by atoms with Crippen molar-refractivity contribution in [2.45, 2.75) is 6.92 Å². The summed E-state index contributed by atoms with van der Waals surface area (Å²) < 4.78 is 0. The summed E-state index contributed by atoms with van der Waals surface area (Å²) in [6, 6.07) is 13.1. The van der Waals surface area contributed by atoms with E-state index in [0.29, 0.717) is 11.3 Å². The molecule has 2 rings (SSSR count). The maximum Gasteiger partial charge on any atom is 0.266 e. The number of carbonyl (C=O) groups is 1. The van der Waals surface area contributed by atoms with Crippen molar-refractivity contribution in [3.63, 3.8) is 0 Å². The van der Waals surface area contributed by atoms with E-state index in [4.69, 9.17) is 5.26 Å². The molecular weight excluding hydrogens is 280 g/mol. The lowest BCUT2D eigenvalue weighted by molar-refractivity contribution is -0.112. The molecule has 0 fully saturated rings. The number of amides is 1. The summed E-state index contributed by atoms with van der Waals surface area (Å²) in [7, 11) is 0. The van der Waals surface area contributed by atoms with Crippen molar-refractivity contribution in [3.05, 3.63) is 59.2 Å². The van der Waals surface area contributed by atoms with Crippen LogP contribution < -0.4 is 5.32 Å². The lowest BCUT2D eigenvalue weighted by Gasteiger charge is -2.07. The van der Waals surface area contributed by atoms with Crippen molar-refractivity contribution in [2.24, 2.45) is 0 Å². The number of rotatable bonds is 3. The molecule has 0 atom stereocenters. The number of carbonyl (C=O) groups excluding carboxylic acids is 1. The number of nitriles is 1. The number of nitrogens with zero attached hydrogens (tertiary/aromatic N) is 1. The predicted molar refractivity (Wildman–Crippen MR) is 83.2 cm³/mol. The van der Waals surface area contributed by atoms with Crippen molar-refractivity contribution in [1.29, 1.82) is 5.26 Å². The second kappa shape index (κ2) is 6.46. The summed E-state index contributed by atoms with van der Waals surface area (Å²) in [5.74, 6) is -1.12. The number of hydrogen-bond acceptors (Lipinski definition) is 4. The monoisotopic (exact) mass is 294 g/mol. The molecule has 22 heavy (non-hydrogen) atoms. The molecule has 2 aromatic carbocycles. The standard InChI is InChI=1S/C17H14N2O3/c1-11-4-2-3-5-14(11)19-17(22)13(10-18)8-12-6-7-15(20)16(21)9-12/h2-9,20-21H,1H3,(H,19,22)/b13-8+. The highest BCUT2D eigenvalue weighted by Crippen LogP contribution is 2.26. The molecule has 1 amide bonds. The summed E-state index contributed by atoms with van der Waals surface area (Å²) in [5, 5.41) is 30.5. The third kappa shape index (κ3) is 3.44. The second-order valence-corrected chi connectivity index (χ2v) is 4.69. The van der Waals surface area contributed by atoms with E-state index in [9.17, 15) is 15.0 Å². The van der Waals surface area contributed by atoms with E-state index >= 15 is 0 Å². The smallest absolute Gasteiger partial charge is 0.266 e. The van der Waals surface area contributed by atoms with Gasteiger partial charge in [0, 0.05) is 5.69 Å². The van der Waals surface area contributed by atoms with E-state index < -0.39 is 5.91 Å². The van der Waals surface area contributed by atoms with Crippen molar-refractivity contribution in [2.75, 3.05) is 5.32 Å². The number of anilines is 1. The molecule has 2 aromatic rings. The van der Waals surface area contributed by atoms with E-state index in [0.717, 1.165) is 5.56 Å². The molecule has 0 bridgehead atoms. The minimum absolute atomic E-state index is 0.103. The van der Waals surface area contributed by atoms with Crippen LogP contribution in [0.1, 0.15) is 11.1 Å². The highest BCUT2D eigenvalue weighted by atomic mass is 16.3. The van der Waals surface area contributed by atoms with E-state index in [2.05, 4.69) is 5.32 Å². The van der Waals surface area contributed by atoms with Crippen LogP contribution in [0.25, 0.3) is 6.08 Å². The number of aryl methyl sites for hydroxylation is 1. The first-order chi connectivity index (χ1) is 10.5. The van der Waals surface area contributed by atoms with Crippen molar-refractivity contribution in [1.82, 2.24) is 0 Å². The zero-order chi connectivity index (χ0) is 16.1. The van der Waals surface area contributed by atoms with Gasteiger partial charge in [-0.1, -0.05) is 24.3 Å². The molecule has 0 aliphatic heterocycles. The fraction of sp³-hybridized carbons (Fsp3) is 0.0588. The minimum atomic E-state index is -0.538. The third-order valence-electron chi connectivity index (χ3n) is 3.07. The van der Waals surface area contributed by atoms with Crippen LogP contribution in [0.2, 0.25) is 0 Å². The molecule has 0 aliphatic rings. The molecule has 5 heteroatoms. The Kier molecular flexibility index (Phi) is 4.44. The molecule has 0 aliphatic carbocycles. The number of para-hydroxylation sites is 1. The molecule has 0 saturated heterocycles. The lowest BCUT2D eigenvalue weighted by atomic mass is 10.1.